The van der Waals surface area contributed by atoms with Crippen LogP contribution in [-0.2, 0) is 24.6 Å². The monoisotopic (exact) mass is 628 g/mol. The van der Waals surface area contributed by atoms with Gasteiger partial charge in [-0.3, -0.25) is 0 Å². The van der Waals surface area contributed by atoms with Crippen molar-refractivity contribution in [1.82, 2.24) is 14.6 Å². The Kier molecular flexibility index (Phi) is 8.98. The predicted molar refractivity (Wildman–Crippen MR) is 152 cm³/mol. The number of sulfone groups is 1. The number of rotatable bonds is 10. The number of fused-ring (bicyclic) bond motifs is 1. The van der Waals surface area contributed by atoms with Crippen LogP contribution < -0.4 is 19.7 Å². The molecule has 3 atom stereocenters. The van der Waals surface area contributed by atoms with Crippen molar-refractivity contribution in [1.29, 1.82) is 0 Å². The lowest BCUT2D eigenvalue weighted by Crippen LogP contribution is -2.47. The van der Waals surface area contributed by atoms with E-state index in [0.717, 1.165) is 6.92 Å². The predicted octanol–water partition coefficient (Wildman–Crippen LogP) is 1.34. The van der Waals surface area contributed by atoms with Crippen LogP contribution in [0.25, 0.3) is 0 Å². The van der Waals surface area contributed by atoms with Crippen molar-refractivity contribution in [2.45, 2.75) is 59.2 Å². The first-order valence-electron chi connectivity index (χ1n) is 13.9. The van der Waals surface area contributed by atoms with Gasteiger partial charge in [-0.1, -0.05) is 6.07 Å². The van der Waals surface area contributed by atoms with Crippen LogP contribution in [0.15, 0.2) is 46.3 Å². The van der Waals surface area contributed by atoms with Gasteiger partial charge in [0.05, 0.1) is 29.8 Å². The highest BCUT2D eigenvalue weighted by Gasteiger charge is 2.45. The summed E-state index contributed by atoms with van der Waals surface area (Å²) in [6, 6.07) is 7.12. The maximum Gasteiger partial charge on any atom is 0.244 e. The summed E-state index contributed by atoms with van der Waals surface area (Å²) in [5, 5.41) is 13.7. The minimum absolute atomic E-state index is 0.0253. The van der Waals surface area contributed by atoms with Crippen LogP contribution in [0, 0.1) is 0 Å². The largest absolute Gasteiger partial charge is 0.491 e. The van der Waals surface area contributed by atoms with Gasteiger partial charge in [-0.2, -0.15) is 4.31 Å². The molecule has 0 aliphatic carbocycles. The number of benzene rings is 1. The summed E-state index contributed by atoms with van der Waals surface area (Å²) < 4.78 is 83.0. The van der Waals surface area contributed by atoms with E-state index in [0.29, 0.717) is 63.7 Å². The number of likely N-dealkylation sites (N-methyl/N-ethyl adjacent to an activating group) is 1. The number of hydrogen-bond donors (Lipinski definition) is 2. The maximum absolute atomic E-state index is 13.5. The molecule has 2 N–H and O–H groups in total. The molecule has 3 aliphatic heterocycles. The molecular formula is C27H37FN4O8S2. The summed E-state index contributed by atoms with van der Waals surface area (Å²) in [5.41, 5.74) is -1.82. The van der Waals surface area contributed by atoms with E-state index in [2.05, 4.69) is 10.3 Å². The molecule has 0 radical (unpaired) electrons. The lowest BCUT2D eigenvalue weighted by atomic mass is 9.88. The molecule has 2 saturated heterocycles. The molecular weight excluding hydrogens is 591 g/mol. The van der Waals surface area contributed by atoms with Crippen molar-refractivity contribution in [3.63, 3.8) is 0 Å². The van der Waals surface area contributed by atoms with Gasteiger partial charge in [0.2, 0.25) is 31.2 Å². The fourth-order valence-corrected chi connectivity index (χ4v) is 7.77. The van der Waals surface area contributed by atoms with E-state index < -0.39 is 37.1 Å². The molecule has 0 saturated carbocycles. The number of hydrogen-bond acceptors (Lipinski definition) is 11. The number of aromatic nitrogens is 1. The quantitative estimate of drug-likeness (QED) is 0.393. The maximum atomic E-state index is 13.5. The Labute approximate surface area is 245 Å². The fraction of sp³-hybridized carbons (Fsp3) is 0.593. The molecule has 1 spiro atoms. The van der Waals surface area contributed by atoms with Crippen molar-refractivity contribution >= 4 is 25.5 Å². The van der Waals surface area contributed by atoms with E-state index in [1.54, 1.807) is 6.07 Å². The van der Waals surface area contributed by atoms with E-state index in [1.165, 1.54) is 34.8 Å². The fourth-order valence-electron chi connectivity index (χ4n) is 5.44. The molecule has 232 valence electrons. The first kappa shape index (κ1) is 30.9. The van der Waals surface area contributed by atoms with Crippen LogP contribution in [0.5, 0.6) is 11.6 Å². The molecule has 3 aliphatic rings. The lowest BCUT2D eigenvalue weighted by molar-refractivity contribution is -0.0312. The Morgan fingerprint density at radius 1 is 1.19 bits per heavy atom. The standard InChI is InChI=1S/C27H37FN4O8S2/c1-19(28)41(34,35)23-5-3-4-22(12-23)39-18-21(33)15-29-20-14-27(40-17-20)6-8-32(9-7-27)42(36,37)24-13-25-26(30-16-24)38-11-10-31(25)2/h3-5,12-13,16,19-21,29,33H,6-11,14-15,17-18H2,1-2H3/t19?,20?,21-/m0/s1. The Morgan fingerprint density at radius 2 is 1.95 bits per heavy atom. The summed E-state index contributed by atoms with van der Waals surface area (Å²) >= 11 is 0. The van der Waals surface area contributed by atoms with Gasteiger partial charge in [0.25, 0.3) is 0 Å². The summed E-state index contributed by atoms with van der Waals surface area (Å²) in [6.45, 7) is 3.33. The molecule has 0 amide bonds. The van der Waals surface area contributed by atoms with Crippen LogP contribution in [0.2, 0.25) is 0 Å². The highest BCUT2D eigenvalue weighted by atomic mass is 32.2. The van der Waals surface area contributed by atoms with Gasteiger partial charge in [0, 0.05) is 32.7 Å². The van der Waals surface area contributed by atoms with Gasteiger partial charge in [-0.25, -0.2) is 26.2 Å². The molecule has 5 rings (SSSR count). The second-order valence-corrected chi connectivity index (χ2v) is 15.1. The van der Waals surface area contributed by atoms with Crippen LogP contribution >= 0.6 is 0 Å². The topological polar surface area (TPSA) is 148 Å². The number of piperidine rings is 1. The zero-order valence-corrected chi connectivity index (χ0v) is 25.2. The number of alkyl halides is 1. The number of nitrogens with zero attached hydrogens (tertiary/aromatic N) is 3. The number of aliphatic hydroxyl groups excluding tert-OH is 1. The van der Waals surface area contributed by atoms with Gasteiger partial charge < -0.3 is 29.5 Å². The van der Waals surface area contributed by atoms with Crippen molar-refractivity contribution < 1.29 is 40.5 Å². The zero-order valence-electron chi connectivity index (χ0n) is 23.6. The van der Waals surface area contributed by atoms with E-state index in [1.807, 2.05) is 11.9 Å². The molecule has 2 unspecified atom stereocenters. The molecule has 4 heterocycles. The van der Waals surface area contributed by atoms with Crippen molar-refractivity contribution in [2.75, 3.05) is 57.9 Å². The van der Waals surface area contributed by atoms with Crippen molar-refractivity contribution in [3.05, 3.63) is 36.5 Å². The Morgan fingerprint density at radius 3 is 2.69 bits per heavy atom. The van der Waals surface area contributed by atoms with Crippen LogP contribution in [0.1, 0.15) is 26.2 Å². The number of nitrogens with one attached hydrogen (secondary N) is 1. The van der Waals surface area contributed by atoms with Crippen LogP contribution in [0.3, 0.4) is 0 Å². The van der Waals surface area contributed by atoms with Gasteiger partial charge in [0.15, 0.2) is 0 Å². The SMILES string of the molecule is CC(F)S(=O)(=O)c1cccc(OC[C@@H](O)CNC2COC3(CCN(S(=O)(=O)c4cnc5c(c4)N(C)CCO5)CC3)C2)c1. The molecule has 2 fully saturated rings. The minimum Gasteiger partial charge on any atom is -0.491 e. The molecule has 1 aromatic carbocycles. The van der Waals surface area contributed by atoms with Crippen molar-refractivity contribution in [3.8, 4) is 11.6 Å². The molecule has 12 nitrogen and oxygen atoms in total. The summed E-state index contributed by atoms with van der Waals surface area (Å²) in [6.07, 6.45) is 2.24. The number of pyridine rings is 1. The molecule has 2 aromatic rings. The van der Waals surface area contributed by atoms with Gasteiger partial charge in [0.1, 0.15) is 35.7 Å². The highest BCUT2D eigenvalue weighted by molar-refractivity contribution is 7.91. The second kappa shape index (κ2) is 12.2. The molecule has 0 bridgehead atoms. The number of ether oxygens (including phenoxy) is 3. The van der Waals surface area contributed by atoms with E-state index in [-0.39, 0.29) is 34.7 Å². The number of sulfonamides is 1. The molecule has 1 aromatic heterocycles. The second-order valence-electron chi connectivity index (χ2n) is 11.0. The highest BCUT2D eigenvalue weighted by Crippen LogP contribution is 2.38. The van der Waals surface area contributed by atoms with Gasteiger partial charge in [-0.05, 0) is 50.5 Å². The smallest absolute Gasteiger partial charge is 0.244 e. The third-order valence-corrected chi connectivity index (χ3v) is 11.6. The van der Waals surface area contributed by atoms with E-state index >= 15 is 0 Å². The van der Waals surface area contributed by atoms with Gasteiger partial charge >= 0.3 is 0 Å². The lowest BCUT2D eigenvalue weighted by Gasteiger charge is -2.38. The van der Waals surface area contributed by atoms with Crippen LogP contribution in [0.4, 0.5) is 10.1 Å². The summed E-state index contributed by atoms with van der Waals surface area (Å²) in [5.74, 6) is 0.648. The first-order valence-corrected chi connectivity index (χ1v) is 16.9. The Hall–Kier alpha value is -2.56. The number of halogens is 1. The van der Waals surface area contributed by atoms with Gasteiger partial charge in [-0.15, -0.1) is 0 Å². The third-order valence-electron chi connectivity index (χ3n) is 8.01. The van der Waals surface area contributed by atoms with Crippen molar-refractivity contribution in [2.24, 2.45) is 0 Å². The molecule has 15 heteroatoms. The zero-order chi connectivity index (χ0) is 30.1. The normalized spacial score (nSPS) is 22.4. The first-order chi connectivity index (χ1) is 19.9. The molecule has 42 heavy (non-hydrogen) atoms. The average Bonchev–Trinajstić information content (AvgIpc) is 3.37. The van der Waals surface area contributed by atoms with E-state index in [4.69, 9.17) is 14.2 Å². The number of aliphatic hydroxyl groups is 1. The third kappa shape index (κ3) is 6.50. The average molecular weight is 629 g/mol. The minimum atomic E-state index is -4.09. The Bertz CT molecular complexity index is 1480. The van der Waals surface area contributed by atoms with E-state index in [9.17, 15) is 26.3 Å². The van der Waals surface area contributed by atoms with Crippen LogP contribution in [-0.4, -0.2) is 108 Å². The Balaban J connectivity index is 1.09. The summed E-state index contributed by atoms with van der Waals surface area (Å²) in [4.78, 5) is 6.11. The number of anilines is 1. The summed E-state index contributed by atoms with van der Waals surface area (Å²) in [7, 11) is -5.93.